The number of pyridine rings is 1. The molecule has 88 valence electrons. The number of nitrogens with one attached hydrogen (secondary N) is 1. The molecule has 0 amide bonds. The van der Waals surface area contributed by atoms with E-state index in [1.807, 2.05) is 0 Å². The van der Waals surface area contributed by atoms with Crippen LogP contribution in [0.4, 0.5) is 0 Å². The lowest BCUT2D eigenvalue weighted by molar-refractivity contribution is 0.0525. The van der Waals surface area contributed by atoms with Crippen molar-refractivity contribution < 1.29 is 14.6 Å². The molecule has 0 atom stereocenters. The first-order valence-electron chi connectivity index (χ1n) is 4.82. The highest BCUT2D eigenvalue weighted by atomic mass is 32.2. The number of aliphatic hydroxyl groups excluding tert-OH is 1. The molecule has 0 aliphatic heterocycles. The van der Waals surface area contributed by atoms with Crippen molar-refractivity contribution in [3.8, 4) is 0 Å². The summed E-state index contributed by atoms with van der Waals surface area (Å²) in [5.41, 5.74) is 0.0355. The zero-order valence-corrected chi connectivity index (χ0v) is 9.67. The van der Waals surface area contributed by atoms with Gasteiger partial charge in [-0.1, -0.05) is 0 Å². The van der Waals surface area contributed by atoms with Gasteiger partial charge in [-0.05, 0) is 13.0 Å². The van der Waals surface area contributed by atoms with Crippen molar-refractivity contribution in [3.63, 3.8) is 0 Å². The number of aromatic nitrogens is 1. The van der Waals surface area contributed by atoms with Gasteiger partial charge in [0.05, 0.1) is 23.7 Å². The molecule has 1 rings (SSSR count). The van der Waals surface area contributed by atoms with Crippen LogP contribution in [0.15, 0.2) is 22.0 Å². The van der Waals surface area contributed by atoms with Gasteiger partial charge in [0.25, 0.3) is 5.56 Å². The Morgan fingerprint density at radius 3 is 3.00 bits per heavy atom. The van der Waals surface area contributed by atoms with Crippen molar-refractivity contribution in [2.75, 3.05) is 19.0 Å². The van der Waals surface area contributed by atoms with Crippen LogP contribution in [-0.2, 0) is 4.74 Å². The van der Waals surface area contributed by atoms with Crippen LogP contribution < -0.4 is 5.56 Å². The second-order valence-corrected chi connectivity index (χ2v) is 4.01. The molecular weight excluding hydrogens is 230 g/mol. The Labute approximate surface area is 96.8 Å². The third-order valence-electron chi connectivity index (χ3n) is 1.73. The predicted octanol–water partition coefficient (Wildman–Crippen LogP) is 0.636. The van der Waals surface area contributed by atoms with Crippen LogP contribution in [0.2, 0.25) is 0 Å². The predicted molar refractivity (Wildman–Crippen MR) is 60.8 cm³/mol. The Balaban J connectivity index is 2.88. The summed E-state index contributed by atoms with van der Waals surface area (Å²) in [6.45, 7) is 1.98. The summed E-state index contributed by atoms with van der Waals surface area (Å²) in [5, 5.41) is 8.66. The molecule has 0 bridgehead atoms. The second kappa shape index (κ2) is 6.34. The Morgan fingerprint density at radius 1 is 1.62 bits per heavy atom. The van der Waals surface area contributed by atoms with Gasteiger partial charge in [0.1, 0.15) is 0 Å². The maximum absolute atomic E-state index is 11.4. The second-order valence-electron chi connectivity index (χ2n) is 2.87. The lowest BCUT2D eigenvalue weighted by Gasteiger charge is -2.03. The SMILES string of the molecule is CCOC(=O)c1c[nH]c(=O)c(SCCO)c1. The van der Waals surface area contributed by atoms with Crippen molar-refractivity contribution in [2.45, 2.75) is 11.8 Å². The van der Waals surface area contributed by atoms with Crippen LogP contribution in [-0.4, -0.2) is 35.0 Å². The van der Waals surface area contributed by atoms with E-state index in [1.165, 1.54) is 24.0 Å². The molecule has 1 heterocycles. The summed E-state index contributed by atoms with van der Waals surface area (Å²) < 4.78 is 4.81. The van der Waals surface area contributed by atoms with Gasteiger partial charge in [0, 0.05) is 11.9 Å². The van der Waals surface area contributed by atoms with Crippen LogP contribution in [0.5, 0.6) is 0 Å². The molecule has 16 heavy (non-hydrogen) atoms. The number of esters is 1. The largest absolute Gasteiger partial charge is 0.462 e. The maximum atomic E-state index is 11.4. The molecule has 0 aromatic carbocycles. The molecule has 0 unspecified atom stereocenters. The molecule has 0 spiro atoms. The van der Waals surface area contributed by atoms with E-state index in [2.05, 4.69) is 4.98 Å². The van der Waals surface area contributed by atoms with E-state index < -0.39 is 5.97 Å². The average Bonchev–Trinajstić information content (AvgIpc) is 2.28. The van der Waals surface area contributed by atoms with Gasteiger partial charge in [-0.15, -0.1) is 11.8 Å². The zero-order valence-electron chi connectivity index (χ0n) is 8.86. The van der Waals surface area contributed by atoms with Crippen molar-refractivity contribution in [3.05, 3.63) is 28.2 Å². The van der Waals surface area contributed by atoms with Crippen LogP contribution in [0, 0.1) is 0 Å². The number of hydrogen-bond donors (Lipinski definition) is 2. The molecule has 0 saturated carbocycles. The normalized spacial score (nSPS) is 10.1. The third kappa shape index (κ3) is 3.39. The molecular formula is C10H13NO4S. The molecule has 2 N–H and O–H groups in total. The number of rotatable bonds is 5. The summed E-state index contributed by atoms with van der Waals surface area (Å²) in [7, 11) is 0. The fourth-order valence-electron chi connectivity index (χ4n) is 1.06. The number of carbonyl (C=O) groups is 1. The van der Waals surface area contributed by atoms with Crippen LogP contribution in [0.3, 0.4) is 0 Å². The monoisotopic (exact) mass is 243 g/mol. The van der Waals surface area contributed by atoms with Crippen LogP contribution >= 0.6 is 11.8 Å². The van der Waals surface area contributed by atoms with E-state index in [-0.39, 0.29) is 18.8 Å². The summed E-state index contributed by atoms with van der Waals surface area (Å²) in [6.07, 6.45) is 1.32. The number of carbonyl (C=O) groups excluding carboxylic acids is 1. The molecule has 6 heteroatoms. The van der Waals surface area contributed by atoms with Crippen molar-refractivity contribution in [1.82, 2.24) is 4.98 Å². The molecule has 1 aromatic rings. The molecule has 1 aromatic heterocycles. The quantitative estimate of drug-likeness (QED) is 0.586. The van der Waals surface area contributed by atoms with E-state index >= 15 is 0 Å². The summed E-state index contributed by atoms with van der Waals surface area (Å²) >= 11 is 1.20. The average molecular weight is 243 g/mol. The van der Waals surface area contributed by atoms with Gasteiger partial charge < -0.3 is 14.8 Å². The number of aromatic amines is 1. The number of H-pyrrole nitrogens is 1. The number of ether oxygens (including phenoxy) is 1. The van der Waals surface area contributed by atoms with E-state index in [0.717, 1.165) is 0 Å². The van der Waals surface area contributed by atoms with Crippen LogP contribution in [0.1, 0.15) is 17.3 Å². The minimum absolute atomic E-state index is 0.0201. The maximum Gasteiger partial charge on any atom is 0.339 e. The first-order chi connectivity index (χ1) is 7.69. The van der Waals surface area contributed by atoms with Gasteiger partial charge in [-0.3, -0.25) is 4.79 Å². The highest BCUT2D eigenvalue weighted by Crippen LogP contribution is 2.14. The minimum atomic E-state index is -0.468. The van der Waals surface area contributed by atoms with E-state index in [9.17, 15) is 9.59 Å². The smallest absolute Gasteiger partial charge is 0.339 e. The first-order valence-corrected chi connectivity index (χ1v) is 5.81. The van der Waals surface area contributed by atoms with Gasteiger partial charge in [0.15, 0.2) is 0 Å². The standard InChI is InChI=1S/C10H13NO4S/c1-2-15-10(14)7-5-8(16-4-3-12)9(13)11-6-7/h5-6,12H,2-4H2,1H3,(H,11,13). The fraction of sp³-hybridized carbons (Fsp3) is 0.400. The topological polar surface area (TPSA) is 79.4 Å². The van der Waals surface area contributed by atoms with Gasteiger partial charge in [0.2, 0.25) is 0 Å². The van der Waals surface area contributed by atoms with Crippen molar-refractivity contribution in [1.29, 1.82) is 0 Å². The van der Waals surface area contributed by atoms with Crippen LogP contribution in [0.25, 0.3) is 0 Å². The molecule has 0 aliphatic carbocycles. The highest BCUT2D eigenvalue weighted by molar-refractivity contribution is 7.99. The Hall–Kier alpha value is -1.27. The van der Waals surface area contributed by atoms with E-state index in [4.69, 9.17) is 9.84 Å². The van der Waals surface area contributed by atoms with Crippen molar-refractivity contribution in [2.24, 2.45) is 0 Å². The lowest BCUT2D eigenvalue weighted by Crippen LogP contribution is -2.13. The summed E-state index contributed by atoms with van der Waals surface area (Å²) in [5.74, 6) is -0.0559. The number of thioether (sulfide) groups is 1. The third-order valence-corrected chi connectivity index (χ3v) is 2.73. The molecule has 0 radical (unpaired) electrons. The fourth-order valence-corrected chi connectivity index (χ4v) is 1.77. The summed E-state index contributed by atoms with van der Waals surface area (Å²) in [4.78, 5) is 25.6. The Morgan fingerprint density at radius 2 is 2.38 bits per heavy atom. The van der Waals surface area contributed by atoms with Crippen molar-refractivity contribution >= 4 is 17.7 Å². The highest BCUT2D eigenvalue weighted by Gasteiger charge is 2.09. The van der Waals surface area contributed by atoms with Gasteiger partial charge >= 0.3 is 5.97 Å². The molecule has 0 fully saturated rings. The number of aliphatic hydroxyl groups is 1. The lowest BCUT2D eigenvalue weighted by atomic mass is 10.3. The summed E-state index contributed by atoms with van der Waals surface area (Å²) in [6, 6.07) is 1.47. The Bertz CT molecular complexity index is 416. The Kier molecular flexibility index (Phi) is 5.07. The van der Waals surface area contributed by atoms with Gasteiger partial charge in [-0.2, -0.15) is 0 Å². The van der Waals surface area contributed by atoms with Gasteiger partial charge in [-0.25, -0.2) is 4.79 Å². The molecule has 0 aliphatic rings. The molecule has 5 nitrogen and oxygen atoms in total. The van der Waals surface area contributed by atoms with E-state index in [0.29, 0.717) is 16.2 Å². The van der Waals surface area contributed by atoms with E-state index in [1.54, 1.807) is 6.92 Å². The first kappa shape index (κ1) is 12.8. The minimum Gasteiger partial charge on any atom is -0.462 e. The molecule has 0 saturated heterocycles. The number of hydrogen-bond acceptors (Lipinski definition) is 5. The zero-order chi connectivity index (χ0) is 12.0.